The Morgan fingerprint density at radius 1 is 1.21 bits per heavy atom. The predicted octanol–water partition coefficient (Wildman–Crippen LogP) is 2.03. The number of aromatic nitrogens is 2. The summed E-state index contributed by atoms with van der Waals surface area (Å²) in [6.45, 7) is 1.90. The van der Waals surface area contributed by atoms with E-state index in [0.717, 1.165) is 4.47 Å². The maximum absolute atomic E-state index is 12.0. The third-order valence-corrected chi connectivity index (χ3v) is 4.35. The molecule has 0 saturated heterocycles. The number of rotatable bonds is 4. The molecule has 1 heterocycles. The van der Waals surface area contributed by atoms with Gasteiger partial charge in [-0.25, -0.2) is 23.1 Å². The van der Waals surface area contributed by atoms with Crippen molar-refractivity contribution >= 4 is 26.0 Å². The maximum atomic E-state index is 12.0. The Kier molecular flexibility index (Phi) is 4.28. The maximum Gasteiger partial charge on any atom is 0.240 e. The van der Waals surface area contributed by atoms with Gasteiger partial charge in [-0.15, -0.1) is 0 Å². The van der Waals surface area contributed by atoms with Crippen molar-refractivity contribution in [1.82, 2.24) is 14.7 Å². The van der Waals surface area contributed by atoms with Gasteiger partial charge in [0.05, 0.1) is 17.1 Å². The van der Waals surface area contributed by atoms with E-state index in [-0.39, 0.29) is 11.4 Å². The molecular weight excluding hydrogens is 330 g/mol. The first kappa shape index (κ1) is 14.1. The van der Waals surface area contributed by atoms with Gasteiger partial charge in [-0.2, -0.15) is 0 Å². The minimum atomic E-state index is -3.52. The van der Waals surface area contributed by atoms with Crippen molar-refractivity contribution in [3.05, 3.63) is 52.5 Å². The van der Waals surface area contributed by atoms with E-state index in [2.05, 4.69) is 30.6 Å². The molecule has 7 heteroatoms. The minimum absolute atomic E-state index is 0.141. The molecule has 0 unspecified atom stereocenters. The second kappa shape index (κ2) is 5.77. The van der Waals surface area contributed by atoms with Crippen molar-refractivity contribution in [1.29, 1.82) is 0 Å². The van der Waals surface area contributed by atoms with Crippen molar-refractivity contribution in [2.45, 2.75) is 18.4 Å². The first-order valence-electron chi connectivity index (χ1n) is 5.51. The van der Waals surface area contributed by atoms with Crippen LogP contribution in [0.1, 0.15) is 11.5 Å². The van der Waals surface area contributed by atoms with Crippen LogP contribution >= 0.6 is 15.9 Å². The molecule has 1 aromatic carbocycles. The van der Waals surface area contributed by atoms with Gasteiger partial charge < -0.3 is 0 Å². The number of sulfonamides is 1. The molecular formula is C12H12BrN3O2S. The van der Waals surface area contributed by atoms with E-state index in [0.29, 0.717) is 11.5 Å². The van der Waals surface area contributed by atoms with Crippen molar-refractivity contribution in [2.75, 3.05) is 0 Å². The second-order valence-corrected chi connectivity index (χ2v) is 6.56. The number of benzene rings is 1. The van der Waals surface area contributed by atoms with Crippen LogP contribution in [0, 0.1) is 6.92 Å². The summed E-state index contributed by atoms with van der Waals surface area (Å²) in [5, 5.41) is 0. The van der Waals surface area contributed by atoms with Gasteiger partial charge >= 0.3 is 0 Å². The molecule has 0 aliphatic carbocycles. The molecule has 100 valence electrons. The Hall–Kier alpha value is -1.31. The summed E-state index contributed by atoms with van der Waals surface area (Å²) in [5.74, 6) is 0.611. The van der Waals surface area contributed by atoms with Gasteiger partial charge in [-0.05, 0) is 37.3 Å². The fourth-order valence-electron chi connectivity index (χ4n) is 1.47. The standard InChI is InChI=1S/C12H12BrN3O2S/c1-9-14-7-6-11(16-9)8-15-19(17,18)12-4-2-10(13)3-5-12/h2-7,15H,8H2,1H3. The molecule has 0 spiro atoms. The van der Waals surface area contributed by atoms with E-state index < -0.39 is 10.0 Å². The first-order valence-corrected chi connectivity index (χ1v) is 7.79. The molecule has 0 radical (unpaired) electrons. The Labute approximate surface area is 120 Å². The molecule has 0 aliphatic heterocycles. The third kappa shape index (κ3) is 3.82. The van der Waals surface area contributed by atoms with Crippen molar-refractivity contribution in [2.24, 2.45) is 0 Å². The molecule has 0 amide bonds. The zero-order chi connectivity index (χ0) is 13.9. The summed E-state index contributed by atoms with van der Waals surface area (Å²) in [4.78, 5) is 8.32. The zero-order valence-corrected chi connectivity index (χ0v) is 12.6. The van der Waals surface area contributed by atoms with Crippen molar-refractivity contribution in [3.63, 3.8) is 0 Å². The van der Waals surface area contributed by atoms with Gasteiger partial charge in [-0.1, -0.05) is 15.9 Å². The largest absolute Gasteiger partial charge is 0.242 e. The molecule has 0 saturated carbocycles. The monoisotopic (exact) mass is 341 g/mol. The van der Waals surface area contributed by atoms with Crippen molar-refractivity contribution < 1.29 is 8.42 Å². The molecule has 0 fully saturated rings. The Bertz CT molecular complexity index is 672. The van der Waals surface area contributed by atoms with Gasteiger partial charge in [0.25, 0.3) is 0 Å². The molecule has 2 aromatic rings. The van der Waals surface area contributed by atoms with Crippen LogP contribution in [0.4, 0.5) is 0 Å². The number of hydrogen-bond acceptors (Lipinski definition) is 4. The summed E-state index contributed by atoms with van der Waals surface area (Å²) >= 11 is 3.26. The second-order valence-electron chi connectivity index (χ2n) is 3.87. The normalized spacial score (nSPS) is 11.5. The topological polar surface area (TPSA) is 72.0 Å². The lowest BCUT2D eigenvalue weighted by Crippen LogP contribution is -2.23. The number of aryl methyl sites for hydroxylation is 1. The molecule has 2 rings (SSSR count). The van der Waals surface area contributed by atoms with Crippen LogP contribution in [0.2, 0.25) is 0 Å². The molecule has 19 heavy (non-hydrogen) atoms. The average molecular weight is 342 g/mol. The molecule has 5 nitrogen and oxygen atoms in total. The van der Waals surface area contributed by atoms with E-state index in [1.807, 2.05) is 0 Å². The SMILES string of the molecule is Cc1nccc(CNS(=O)(=O)c2ccc(Br)cc2)n1. The van der Waals surface area contributed by atoms with Crippen LogP contribution in [-0.2, 0) is 16.6 Å². The van der Waals surface area contributed by atoms with E-state index in [4.69, 9.17) is 0 Å². The number of hydrogen-bond donors (Lipinski definition) is 1. The summed E-state index contributed by atoms with van der Waals surface area (Å²) in [7, 11) is -3.52. The zero-order valence-electron chi connectivity index (χ0n) is 10.2. The summed E-state index contributed by atoms with van der Waals surface area (Å²) in [6.07, 6.45) is 1.60. The Morgan fingerprint density at radius 3 is 2.53 bits per heavy atom. The number of nitrogens with zero attached hydrogens (tertiary/aromatic N) is 2. The average Bonchev–Trinajstić information content (AvgIpc) is 2.37. The van der Waals surface area contributed by atoms with Gasteiger partial charge in [0.15, 0.2) is 0 Å². The highest BCUT2D eigenvalue weighted by Gasteiger charge is 2.13. The van der Waals surface area contributed by atoms with Crippen molar-refractivity contribution in [3.8, 4) is 0 Å². The molecule has 1 N–H and O–H groups in total. The number of nitrogens with one attached hydrogen (secondary N) is 1. The molecule has 0 aliphatic rings. The fourth-order valence-corrected chi connectivity index (χ4v) is 2.73. The quantitative estimate of drug-likeness (QED) is 0.923. The van der Waals surface area contributed by atoms with Gasteiger partial charge in [0.1, 0.15) is 5.82 Å². The Morgan fingerprint density at radius 2 is 1.89 bits per heavy atom. The van der Waals surface area contributed by atoms with Crippen LogP contribution in [0.3, 0.4) is 0 Å². The first-order chi connectivity index (χ1) is 8.97. The highest BCUT2D eigenvalue weighted by atomic mass is 79.9. The van der Waals surface area contributed by atoms with Gasteiger partial charge in [0, 0.05) is 10.7 Å². The van der Waals surface area contributed by atoms with Gasteiger partial charge in [-0.3, -0.25) is 0 Å². The molecule has 0 bridgehead atoms. The van der Waals surface area contributed by atoms with E-state index >= 15 is 0 Å². The Balaban J connectivity index is 2.12. The lowest BCUT2D eigenvalue weighted by atomic mass is 10.4. The van der Waals surface area contributed by atoms with E-state index in [9.17, 15) is 8.42 Å². The lowest BCUT2D eigenvalue weighted by Gasteiger charge is -2.06. The number of halogens is 1. The van der Waals surface area contributed by atoms with Crippen LogP contribution in [0.5, 0.6) is 0 Å². The third-order valence-electron chi connectivity index (χ3n) is 2.40. The molecule has 1 aromatic heterocycles. The lowest BCUT2D eigenvalue weighted by molar-refractivity contribution is 0.580. The van der Waals surface area contributed by atoms with Crippen LogP contribution in [0.25, 0.3) is 0 Å². The van der Waals surface area contributed by atoms with Crippen LogP contribution in [-0.4, -0.2) is 18.4 Å². The van der Waals surface area contributed by atoms with Gasteiger partial charge in [0.2, 0.25) is 10.0 Å². The molecule has 0 atom stereocenters. The summed E-state index contributed by atoms with van der Waals surface area (Å²) in [6, 6.07) is 8.12. The fraction of sp³-hybridized carbons (Fsp3) is 0.167. The van der Waals surface area contributed by atoms with Crippen LogP contribution < -0.4 is 4.72 Å². The summed E-state index contributed by atoms with van der Waals surface area (Å²) < 4.78 is 27.4. The smallest absolute Gasteiger partial charge is 0.240 e. The minimum Gasteiger partial charge on any atom is -0.242 e. The predicted molar refractivity (Wildman–Crippen MR) is 74.9 cm³/mol. The van der Waals surface area contributed by atoms with E-state index in [1.165, 1.54) is 12.1 Å². The highest BCUT2D eigenvalue weighted by Crippen LogP contribution is 2.14. The van der Waals surface area contributed by atoms with Crippen LogP contribution in [0.15, 0.2) is 45.9 Å². The summed E-state index contributed by atoms with van der Waals surface area (Å²) in [5.41, 5.74) is 0.633. The highest BCUT2D eigenvalue weighted by molar-refractivity contribution is 9.10. The van der Waals surface area contributed by atoms with E-state index in [1.54, 1.807) is 31.3 Å².